The number of benzene rings is 2. The van der Waals surface area contributed by atoms with Gasteiger partial charge in [0.05, 0.1) is 23.2 Å². The number of nitrogens with two attached hydrogens (primary N) is 1. The lowest BCUT2D eigenvalue weighted by Gasteiger charge is -2.54. The highest BCUT2D eigenvalue weighted by atomic mass is 32.2. The van der Waals surface area contributed by atoms with Crippen LogP contribution >= 0.6 is 0 Å². The zero-order chi connectivity index (χ0) is 32.1. The van der Waals surface area contributed by atoms with Crippen molar-refractivity contribution >= 4 is 21.6 Å². The number of halogens is 2. The molecule has 0 spiro atoms. The Morgan fingerprint density at radius 3 is 2.26 bits per heavy atom. The van der Waals surface area contributed by atoms with Crippen molar-refractivity contribution in [1.82, 2.24) is 9.80 Å². The molecule has 2 N–H and O–H groups in total. The lowest BCUT2D eigenvalue weighted by Crippen LogP contribution is -2.65. The summed E-state index contributed by atoms with van der Waals surface area (Å²) in [5, 5.41) is -0.247. The molecular weight excluding hydrogens is 610 g/mol. The van der Waals surface area contributed by atoms with Gasteiger partial charge in [-0.25, -0.2) is 22.0 Å². The lowest BCUT2D eigenvalue weighted by molar-refractivity contribution is -0.0206. The van der Waals surface area contributed by atoms with Crippen molar-refractivity contribution in [3.8, 4) is 0 Å². The van der Waals surface area contributed by atoms with Gasteiger partial charge in [-0.1, -0.05) is 12.1 Å². The molecule has 0 aromatic heterocycles. The van der Waals surface area contributed by atoms with Gasteiger partial charge in [0.2, 0.25) is 0 Å². The van der Waals surface area contributed by atoms with Crippen molar-refractivity contribution in [2.24, 2.45) is 17.6 Å². The summed E-state index contributed by atoms with van der Waals surface area (Å²) in [4.78, 5) is 18.9. The molecule has 3 atom stereocenters. The number of carbonyl (C=O) groups excluding carboxylic acids is 1. The molecule has 3 aliphatic heterocycles. The molecule has 3 saturated heterocycles. The van der Waals surface area contributed by atoms with Gasteiger partial charge in [-0.3, -0.25) is 4.90 Å². The van der Waals surface area contributed by atoms with Gasteiger partial charge in [-0.15, -0.1) is 0 Å². The maximum absolute atomic E-state index is 16.0. The number of hydrogen-bond acceptors (Lipinski definition) is 7. The number of carbonyl (C=O) groups is 1. The second kappa shape index (κ2) is 12.4. The molecule has 250 valence electrons. The molecule has 3 heterocycles. The Morgan fingerprint density at radius 2 is 1.65 bits per heavy atom. The number of sulfone groups is 1. The van der Waals surface area contributed by atoms with Gasteiger partial charge in [-0.05, 0) is 125 Å². The van der Waals surface area contributed by atoms with E-state index in [2.05, 4.69) is 9.80 Å². The van der Waals surface area contributed by atoms with Crippen LogP contribution in [0.2, 0.25) is 0 Å². The number of primary amides is 1. The Labute approximate surface area is 271 Å². The second-order valence-electron chi connectivity index (χ2n) is 14.5. The number of hydrogen-bond donors (Lipinski definition) is 1. The zero-order valence-electron chi connectivity index (χ0n) is 26.5. The van der Waals surface area contributed by atoms with Crippen LogP contribution in [0.5, 0.6) is 0 Å². The molecule has 2 saturated carbocycles. The summed E-state index contributed by atoms with van der Waals surface area (Å²) in [7, 11) is -3.24. The summed E-state index contributed by atoms with van der Waals surface area (Å²) in [6.07, 6.45) is 5.80. The summed E-state index contributed by atoms with van der Waals surface area (Å²) in [5.74, 6) is -0.0224. The monoisotopic (exact) mass is 656 g/mol. The van der Waals surface area contributed by atoms with Crippen molar-refractivity contribution in [2.45, 2.75) is 78.7 Å². The van der Waals surface area contributed by atoms with Crippen LogP contribution in [0, 0.1) is 17.7 Å². The summed E-state index contributed by atoms with van der Waals surface area (Å²) >= 11 is 0. The molecule has 0 bridgehead atoms. The molecular formula is C35H46F2N4O4S. The topological polar surface area (TPSA) is 96.2 Å². The average Bonchev–Trinajstić information content (AvgIpc) is 3.77. The SMILES string of the molecule is NC(=O)O[C@H]1CCC[C@@H]1C(CN1CCC1)(c1cccc(F)c1)C1CCN(CC2(F)CN(c3ccc(S(=O)(=O)C4CC4)cc3)C2)CC1. The molecule has 1 amide bonds. The first-order chi connectivity index (χ1) is 22.1. The minimum atomic E-state index is -3.24. The molecule has 46 heavy (non-hydrogen) atoms. The fourth-order valence-electron chi connectivity index (χ4n) is 8.93. The number of likely N-dealkylation sites (tertiary alicyclic amines) is 2. The van der Waals surface area contributed by atoms with Crippen LogP contribution in [0.4, 0.5) is 19.3 Å². The highest BCUT2D eigenvalue weighted by Gasteiger charge is 2.54. The molecule has 2 aliphatic carbocycles. The van der Waals surface area contributed by atoms with Gasteiger partial charge in [0.25, 0.3) is 0 Å². The highest BCUT2D eigenvalue weighted by Crippen LogP contribution is 2.52. The first-order valence-electron chi connectivity index (χ1n) is 17.0. The molecule has 5 aliphatic rings. The van der Waals surface area contributed by atoms with Crippen LogP contribution in [0.25, 0.3) is 0 Å². The Kier molecular flexibility index (Phi) is 8.55. The normalized spacial score (nSPS) is 27.0. The number of alkyl halides is 1. The number of ether oxygens (including phenoxy) is 1. The van der Waals surface area contributed by atoms with Gasteiger partial charge < -0.3 is 20.3 Å². The fraction of sp³-hybridized carbons (Fsp3) is 0.629. The summed E-state index contributed by atoms with van der Waals surface area (Å²) in [6.45, 7) is 5.18. The number of nitrogens with zero attached hydrogens (tertiary/aromatic N) is 3. The van der Waals surface area contributed by atoms with Crippen LogP contribution in [0.15, 0.2) is 53.4 Å². The Morgan fingerprint density at radius 1 is 0.935 bits per heavy atom. The lowest BCUT2D eigenvalue weighted by atomic mass is 9.58. The van der Waals surface area contributed by atoms with E-state index in [0.717, 1.165) is 95.3 Å². The number of piperidine rings is 1. The Bertz CT molecular complexity index is 1520. The molecule has 11 heteroatoms. The minimum absolute atomic E-state index is 0.0253. The molecule has 2 aromatic rings. The number of anilines is 1. The van der Waals surface area contributed by atoms with Gasteiger partial charge >= 0.3 is 6.09 Å². The molecule has 0 radical (unpaired) electrons. The zero-order valence-corrected chi connectivity index (χ0v) is 27.3. The molecule has 1 unspecified atom stereocenters. The third kappa shape index (κ3) is 6.15. The van der Waals surface area contributed by atoms with E-state index in [4.69, 9.17) is 10.5 Å². The van der Waals surface area contributed by atoms with E-state index < -0.39 is 27.0 Å². The van der Waals surface area contributed by atoms with Crippen molar-refractivity contribution in [3.63, 3.8) is 0 Å². The molecule has 2 aromatic carbocycles. The second-order valence-corrected chi connectivity index (χ2v) is 16.7. The van der Waals surface area contributed by atoms with Gasteiger partial charge in [-0.2, -0.15) is 0 Å². The van der Waals surface area contributed by atoms with E-state index in [1.165, 1.54) is 6.07 Å². The predicted molar refractivity (Wildman–Crippen MR) is 173 cm³/mol. The van der Waals surface area contributed by atoms with Crippen LogP contribution in [-0.4, -0.2) is 93.7 Å². The maximum atomic E-state index is 16.0. The van der Waals surface area contributed by atoms with E-state index in [1.807, 2.05) is 11.0 Å². The van der Waals surface area contributed by atoms with Gasteiger partial charge in [0.15, 0.2) is 15.5 Å². The predicted octanol–water partition coefficient (Wildman–Crippen LogP) is 4.91. The Hall–Kier alpha value is -2.76. The summed E-state index contributed by atoms with van der Waals surface area (Å²) in [5.41, 5.74) is 5.60. The van der Waals surface area contributed by atoms with Crippen LogP contribution < -0.4 is 10.6 Å². The minimum Gasteiger partial charge on any atom is -0.446 e. The first kappa shape index (κ1) is 31.8. The van der Waals surface area contributed by atoms with Crippen LogP contribution in [-0.2, 0) is 20.0 Å². The fourth-order valence-corrected chi connectivity index (χ4v) is 10.6. The summed E-state index contributed by atoms with van der Waals surface area (Å²) in [6, 6.07) is 13.9. The number of rotatable bonds is 11. The third-order valence-electron chi connectivity index (χ3n) is 11.4. The van der Waals surface area contributed by atoms with Crippen molar-refractivity contribution in [3.05, 3.63) is 59.9 Å². The van der Waals surface area contributed by atoms with E-state index >= 15 is 4.39 Å². The first-order valence-corrected chi connectivity index (χ1v) is 18.6. The van der Waals surface area contributed by atoms with E-state index in [0.29, 0.717) is 11.4 Å². The van der Waals surface area contributed by atoms with Gasteiger partial charge in [0, 0.05) is 30.1 Å². The molecule has 8 nitrogen and oxygen atoms in total. The van der Waals surface area contributed by atoms with Gasteiger partial charge in [0.1, 0.15) is 11.9 Å². The third-order valence-corrected chi connectivity index (χ3v) is 13.7. The average molecular weight is 657 g/mol. The quantitative estimate of drug-likeness (QED) is 0.367. The summed E-state index contributed by atoms with van der Waals surface area (Å²) < 4.78 is 61.7. The number of amides is 1. The highest BCUT2D eigenvalue weighted by molar-refractivity contribution is 7.92. The van der Waals surface area contributed by atoms with Crippen molar-refractivity contribution in [2.75, 3.05) is 57.3 Å². The maximum Gasteiger partial charge on any atom is 0.404 e. The van der Waals surface area contributed by atoms with Crippen LogP contribution in [0.1, 0.15) is 56.9 Å². The van der Waals surface area contributed by atoms with E-state index in [-0.39, 0.29) is 42.1 Å². The Balaban J connectivity index is 1.04. The van der Waals surface area contributed by atoms with E-state index in [1.54, 1.807) is 36.4 Å². The standard InChI is InChI=1S/C35H46F2N4O4S/c36-27-5-1-4-26(20-27)35(24-39-16-3-17-39,31-6-2-7-32(31)45-33(38)42)25-14-18-40(19-15-25)21-34(37)22-41(23-34)28-8-10-29(11-9-28)46(43,44)30-12-13-30/h1,4-5,8-11,20,25,30-32H,2-3,6-7,12-19,21-24H2,(H2,38,42)/t31-,32-,35?/m0/s1. The van der Waals surface area contributed by atoms with Crippen molar-refractivity contribution in [1.29, 1.82) is 0 Å². The smallest absolute Gasteiger partial charge is 0.404 e. The van der Waals surface area contributed by atoms with E-state index in [9.17, 15) is 17.6 Å². The largest absolute Gasteiger partial charge is 0.446 e. The molecule has 5 fully saturated rings. The van der Waals surface area contributed by atoms with Crippen LogP contribution in [0.3, 0.4) is 0 Å². The molecule has 7 rings (SSSR count). The van der Waals surface area contributed by atoms with Crippen molar-refractivity contribution < 1.29 is 26.7 Å².